The summed E-state index contributed by atoms with van der Waals surface area (Å²) < 4.78 is 0. The highest BCUT2D eigenvalue weighted by atomic mass is 16.4. The van der Waals surface area contributed by atoms with Crippen LogP contribution in [0.15, 0.2) is 60.7 Å². The average Bonchev–Trinajstić information content (AvgIpc) is 3.50. The Morgan fingerprint density at radius 1 is 0.804 bits per heavy atom. The summed E-state index contributed by atoms with van der Waals surface area (Å²) in [5, 5.41) is 26.2. The Bertz CT molecular complexity index is 1370. The minimum Gasteiger partial charge on any atom is -0.481 e. The van der Waals surface area contributed by atoms with Crippen LogP contribution in [-0.2, 0) is 41.6 Å². The number of nitrogens with two attached hydrogens (primary N) is 1. The van der Waals surface area contributed by atoms with Gasteiger partial charge in [-0.25, -0.2) is 4.79 Å². The van der Waals surface area contributed by atoms with Gasteiger partial charge in [0.15, 0.2) is 0 Å². The molecule has 1 aliphatic rings. The molecule has 4 amide bonds. The average molecular weight is 638 g/mol. The van der Waals surface area contributed by atoms with Crippen LogP contribution in [0.2, 0.25) is 0 Å². The third-order valence-corrected chi connectivity index (χ3v) is 7.71. The molecular weight excluding hydrogens is 594 g/mol. The molecule has 2 aromatic rings. The van der Waals surface area contributed by atoms with Crippen molar-refractivity contribution in [2.45, 2.75) is 82.6 Å². The number of aliphatic carboxylic acids is 2. The summed E-state index contributed by atoms with van der Waals surface area (Å²) in [7, 11) is 0. The maximum Gasteiger partial charge on any atom is 0.326 e. The van der Waals surface area contributed by atoms with E-state index in [-0.39, 0.29) is 24.7 Å². The molecule has 0 spiro atoms. The summed E-state index contributed by atoms with van der Waals surface area (Å²) >= 11 is 0. The molecule has 1 heterocycles. The maximum atomic E-state index is 13.8. The van der Waals surface area contributed by atoms with Crippen molar-refractivity contribution in [1.29, 1.82) is 0 Å². The minimum absolute atomic E-state index is 0.0392. The van der Waals surface area contributed by atoms with E-state index >= 15 is 0 Å². The monoisotopic (exact) mass is 637 g/mol. The number of likely N-dealkylation sites (tertiary alicyclic amines) is 1. The Balaban J connectivity index is 1.85. The highest BCUT2D eigenvalue weighted by Gasteiger charge is 2.38. The van der Waals surface area contributed by atoms with Gasteiger partial charge in [0.1, 0.15) is 24.2 Å². The predicted molar refractivity (Wildman–Crippen MR) is 168 cm³/mol. The molecule has 0 aliphatic carbocycles. The van der Waals surface area contributed by atoms with E-state index in [2.05, 4.69) is 16.0 Å². The van der Waals surface area contributed by atoms with Gasteiger partial charge < -0.3 is 36.8 Å². The predicted octanol–water partition coefficient (Wildman–Crippen LogP) is 0.850. The van der Waals surface area contributed by atoms with Gasteiger partial charge in [0.25, 0.3) is 0 Å². The van der Waals surface area contributed by atoms with E-state index in [9.17, 15) is 33.9 Å². The highest BCUT2D eigenvalue weighted by Crippen LogP contribution is 2.20. The van der Waals surface area contributed by atoms with E-state index in [1.807, 2.05) is 13.8 Å². The Labute approximate surface area is 267 Å². The fraction of sp³-hybridized carbons (Fsp3) is 0.455. The SMILES string of the molecule is CC(C)C[C@H](N)C(=O)N1CCC[C@H]1C(=O)N[C@@H](Cc1ccccc1)C(=O)N[C@@H](Cc1ccccc1)C(=O)N[C@@H](CC(=O)O)C(=O)O. The van der Waals surface area contributed by atoms with E-state index < -0.39 is 66.3 Å². The lowest BCUT2D eigenvalue weighted by Gasteiger charge is -2.29. The minimum atomic E-state index is -1.73. The lowest BCUT2D eigenvalue weighted by atomic mass is 10.0. The number of amides is 4. The van der Waals surface area contributed by atoms with Gasteiger partial charge in [0.2, 0.25) is 23.6 Å². The van der Waals surface area contributed by atoms with Crippen LogP contribution >= 0.6 is 0 Å². The van der Waals surface area contributed by atoms with Crippen molar-refractivity contribution in [3.05, 3.63) is 71.8 Å². The smallest absolute Gasteiger partial charge is 0.326 e. The van der Waals surface area contributed by atoms with E-state index in [0.29, 0.717) is 31.4 Å². The Morgan fingerprint density at radius 3 is 1.78 bits per heavy atom. The molecule has 0 saturated carbocycles. The number of rotatable bonds is 16. The first-order valence-electron chi connectivity index (χ1n) is 15.3. The number of carbonyl (C=O) groups is 6. The number of carboxylic acids is 2. The van der Waals surface area contributed by atoms with Crippen molar-refractivity contribution in [2.24, 2.45) is 11.7 Å². The molecule has 0 aromatic heterocycles. The molecule has 46 heavy (non-hydrogen) atoms. The zero-order chi connectivity index (χ0) is 33.8. The molecule has 3 rings (SSSR count). The fourth-order valence-electron chi connectivity index (χ4n) is 5.43. The molecular formula is C33H43N5O8. The quantitative estimate of drug-likeness (QED) is 0.154. The fourth-order valence-corrected chi connectivity index (χ4v) is 5.43. The molecule has 2 aromatic carbocycles. The molecule has 0 radical (unpaired) electrons. The number of nitrogens with zero attached hydrogens (tertiary/aromatic N) is 1. The zero-order valence-corrected chi connectivity index (χ0v) is 26.1. The van der Waals surface area contributed by atoms with Crippen molar-refractivity contribution >= 4 is 35.6 Å². The second-order valence-corrected chi connectivity index (χ2v) is 11.9. The van der Waals surface area contributed by atoms with Crippen LogP contribution in [0.5, 0.6) is 0 Å². The maximum absolute atomic E-state index is 13.8. The molecule has 1 aliphatic heterocycles. The molecule has 7 N–H and O–H groups in total. The summed E-state index contributed by atoms with van der Waals surface area (Å²) in [6, 6.07) is 11.8. The number of hydrogen-bond acceptors (Lipinski definition) is 7. The van der Waals surface area contributed by atoms with Gasteiger partial charge in [-0.2, -0.15) is 0 Å². The van der Waals surface area contributed by atoms with Gasteiger partial charge in [-0.3, -0.25) is 24.0 Å². The summed E-state index contributed by atoms with van der Waals surface area (Å²) in [5.41, 5.74) is 7.51. The summed E-state index contributed by atoms with van der Waals surface area (Å²) in [5.74, 6) is -5.26. The van der Waals surface area contributed by atoms with Crippen molar-refractivity contribution < 1.29 is 39.0 Å². The molecule has 0 bridgehead atoms. The lowest BCUT2D eigenvalue weighted by molar-refractivity contribution is -0.147. The Morgan fingerprint density at radius 2 is 1.30 bits per heavy atom. The lowest BCUT2D eigenvalue weighted by Crippen LogP contribution is -2.59. The van der Waals surface area contributed by atoms with Crippen LogP contribution < -0.4 is 21.7 Å². The van der Waals surface area contributed by atoms with Crippen molar-refractivity contribution in [3.63, 3.8) is 0 Å². The second kappa shape index (κ2) is 17.1. The van der Waals surface area contributed by atoms with Crippen LogP contribution in [-0.4, -0.2) is 87.4 Å². The number of hydrogen-bond donors (Lipinski definition) is 6. The van der Waals surface area contributed by atoms with E-state index in [1.165, 1.54) is 4.90 Å². The first-order chi connectivity index (χ1) is 21.8. The zero-order valence-electron chi connectivity index (χ0n) is 26.1. The number of benzene rings is 2. The summed E-state index contributed by atoms with van der Waals surface area (Å²) in [6.45, 7) is 4.26. The number of nitrogens with one attached hydrogen (secondary N) is 3. The summed E-state index contributed by atoms with van der Waals surface area (Å²) in [6.07, 6.45) is 0.601. The standard InChI is InChI=1S/C33H43N5O8/c1-20(2)16-23(34)32(44)38-15-9-14-27(38)31(43)36-25(18-22-12-7-4-8-13-22)29(41)35-24(17-21-10-5-3-6-11-21)30(42)37-26(33(45)46)19-28(39)40/h3-8,10-13,20,23-27H,9,14-19,34H2,1-2H3,(H,35,41)(H,36,43)(H,37,42)(H,39,40)(H,45,46)/t23-,24-,25-,26-,27-/m0/s1. The first kappa shape index (κ1) is 35.7. The molecule has 248 valence electrons. The Kier molecular flexibility index (Phi) is 13.2. The number of carbonyl (C=O) groups excluding carboxylic acids is 4. The van der Waals surface area contributed by atoms with Crippen LogP contribution in [0.25, 0.3) is 0 Å². The van der Waals surface area contributed by atoms with Gasteiger partial charge in [-0.05, 0) is 36.3 Å². The first-order valence-corrected chi connectivity index (χ1v) is 15.3. The van der Waals surface area contributed by atoms with Crippen molar-refractivity contribution in [3.8, 4) is 0 Å². The van der Waals surface area contributed by atoms with Crippen LogP contribution in [0, 0.1) is 5.92 Å². The van der Waals surface area contributed by atoms with Gasteiger partial charge in [0, 0.05) is 19.4 Å². The highest BCUT2D eigenvalue weighted by molar-refractivity contribution is 5.96. The molecule has 1 fully saturated rings. The molecule has 13 heteroatoms. The second-order valence-electron chi connectivity index (χ2n) is 11.9. The molecule has 1 saturated heterocycles. The van der Waals surface area contributed by atoms with E-state index in [0.717, 1.165) is 5.56 Å². The Hall–Kier alpha value is -4.78. The van der Waals surface area contributed by atoms with E-state index in [4.69, 9.17) is 10.8 Å². The van der Waals surface area contributed by atoms with Gasteiger partial charge >= 0.3 is 11.9 Å². The topological polar surface area (TPSA) is 208 Å². The molecule has 13 nitrogen and oxygen atoms in total. The van der Waals surface area contributed by atoms with Gasteiger partial charge in [-0.1, -0.05) is 74.5 Å². The molecule has 0 unspecified atom stereocenters. The van der Waals surface area contributed by atoms with Crippen molar-refractivity contribution in [1.82, 2.24) is 20.9 Å². The van der Waals surface area contributed by atoms with Gasteiger partial charge in [0.05, 0.1) is 12.5 Å². The van der Waals surface area contributed by atoms with Crippen LogP contribution in [0.4, 0.5) is 0 Å². The molecule has 5 atom stereocenters. The summed E-state index contributed by atoms with van der Waals surface area (Å²) in [4.78, 5) is 78.2. The van der Waals surface area contributed by atoms with Crippen LogP contribution in [0.3, 0.4) is 0 Å². The third kappa shape index (κ3) is 10.7. The normalized spacial score (nSPS) is 17.0. The van der Waals surface area contributed by atoms with Crippen molar-refractivity contribution in [2.75, 3.05) is 6.54 Å². The van der Waals surface area contributed by atoms with Crippen LogP contribution in [0.1, 0.15) is 50.7 Å². The van der Waals surface area contributed by atoms with E-state index in [1.54, 1.807) is 60.7 Å². The van der Waals surface area contributed by atoms with Gasteiger partial charge in [-0.15, -0.1) is 0 Å². The third-order valence-electron chi connectivity index (χ3n) is 7.71. The largest absolute Gasteiger partial charge is 0.481 e. The number of carboxylic acid groups (broad SMARTS) is 2.